The first-order valence-electron chi connectivity index (χ1n) is 9.30. The number of rotatable bonds is 4. The zero-order chi connectivity index (χ0) is 19.7. The molecule has 0 radical (unpaired) electrons. The van der Waals surface area contributed by atoms with Crippen molar-refractivity contribution in [1.29, 1.82) is 0 Å². The van der Waals surface area contributed by atoms with Gasteiger partial charge in [0.05, 0.1) is 28.4 Å². The molecule has 2 heterocycles. The summed E-state index contributed by atoms with van der Waals surface area (Å²) >= 11 is 0. The van der Waals surface area contributed by atoms with E-state index in [1.54, 1.807) is 4.68 Å². The zero-order valence-electron chi connectivity index (χ0n) is 16.2. The maximum Gasteiger partial charge on any atom is 0.252 e. The van der Waals surface area contributed by atoms with Crippen LogP contribution in [0.25, 0.3) is 22.3 Å². The monoisotopic (exact) mass is 370 g/mol. The molecule has 0 aliphatic carbocycles. The lowest BCUT2D eigenvalue weighted by Crippen LogP contribution is -2.27. The van der Waals surface area contributed by atoms with Crippen molar-refractivity contribution in [3.8, 4) is 11.3 Å². The summed E-state index contributed by atoms with van der Waals surface area (Å²) in [6.07, 6.45) is 0. The molecule has 1 atom stereocenters. The van der Waals surface area contributed by atoms with Crippen LogP contribution >= 0.6 is 0 Å². The number of fused-ring (bicyclic) bond motifs is 1. The van der Waals surface area contributed by atoms with Gasteiger partial charge < -0.3 is 5.32 Å². The predicted molar refractivity (Wildman–Crippen MR) is 111 cm³/mol. The molecule has 5 heteroatoms. The van der Waals surface area contributed by atoms with Crippen molar-refractivity contribution in [2.45, 2.75) is 19.9 Å². The molecule has 5 nitrogen and oxygen atoms in total. The molecule has 140 valence electrons. The van der Waals surface area contributed by atoms with Crippen LogP contribution in [0.5, 0.6) is 0 Å². The van der Waals surface area contributed by atoms with Crippen LogP contribution in [0.3, 0.4) is 0 Å². The lowest BCUT2D eigenvalue weighted by molar-refractivity contribution is 0.0941. The van der Waals surface area contributed by atoms with Crippen molar-refractivity contribution in [2.24, 2.45) is 7.05 Å². The third-order valence-electron chi connectivity index (χ3n) is 4.93. The van der Waals surface area contributed by atoms with Gasteiger partial charge in [0.1, 0.15) is 0 Å². The van der Waals surface area contributed by atoms with Crippen LogP contribution in [0.2, 0.25) is 0 Å². The Morgan fingerprint density at radius 3 is 2.36 bits per heavy atom. The standard InChI is InChI=1S/C23H22N4O/c1-15(17-10-6-4-7-11-17)24-23(28)19-14-20(18-12-8-5-9-13-18)25-22-21(19)16(2)26-27(22)3/h4-15H,1-3H3,(H,24,28)/t15-/m1/s1. The van der Waals surface area contributed by atoms with Crippen LogP contribution in [-0.2, 0) is 7.05 Å². The average molecular weight is 370 g/mol. The number of aromatic nitrogens is 3. The maximum atomic E-state index is 13.2. The van der Waals surface area contributed by atoms with Crippen LogP contribution in [-0.4, -0.2) is 20.7 Å². The second-order valence-electron chi connectivity index (χ2n) is 6.93. The van der Waals surface area contributed by atoms with Crippen molar-refractivity contribution in [1.82, 2.24) is 20.1 Å². The van der Waals surface area contributed by atoms with Crippen molar-refractivity contribution in [3.63, 3.8) is 0 Å². The number of aryl methyl sites for hydroxylation is 2. The van der Waals surface area contributed by atoms with Crippen LogP contribution in [0, 0.1) is 6.92 Å². The summed E-state index contributed by atoms with van der Waals surface area (Å²) in [6.45, 7) is 3.89. The Morgan fingerprint density at radius 2 is 1.68 bits per heavy atom. The second kappa shape index (κ2) is 7.27. The summed E-state index contributed by atoms with van der Waals surface area (Å²) in [6, 6.07) is 21.6. The van der Waals surface area contributed by atoms with Gasteiger partial charge >= 0.3 is 0 Å². The van der Waals surface area contributed by atoms with Gasteiger partial charge in [0, 0.05) is 12.6 Å². The van der Waals surface area contributed by atoms with E-state index in [1.807, 2.05) is 87.6 Å². The molecule has 0 unspecified atom stereocenters. The van der Waals surface area contributed by atoms with E-state index >= 15 is 0 Å². The van der Waals surface area contributed by atoms with Gasteiger partial charge in [-0.3, -0.25) is 9.48 Å². The molecule has 4 rings (SSSR count). The Bertz CT molecular complexity index is 1130. The van der Waals surface area contributed by atoms with Gasteiger partial charge in [0.15, 0.2) is 5.65 Å². The number of amides is 1. The van der Waals surface area contributed by atoms with Crippen LogP contribution in [0.1, 0.15) is 34.6 Å². The fourth-order valence-electron chi connectivity index (χ4n) is 3.48. The van der Waals surface area contributed by atoms with E-state index in [2.05, 4.69) is 10.4 Å². The van der Waals surface area contributed by atoms with Crippen molar-refractivity contribution in [3.05, 3.63) is 83.6 Å². The Hall–Kier alpha value is -3.47. The summed E-state index contributed by atoms with van der Waals surface area (Å²) in [5, 5.41) is 8.39. The maximum absolute atomic E-state index is 13.2. The number of nitrogens with zero attached hydrogens (tertiary/aromatic N) is 3. The first-order valence-corrected chi connectivity index (χ1v) is 9.30. The SMILES string of the molecule is Cc1nn(C)c2nc(-c3ccccc3)cc(C(=O)N[C@H](C)c3ccccc3)c12. The van der Waals surface area contributed by atoms with Gasteiger partial charge in [-0.2, -0.15) is 5.10 Å². The zero-order valence-corrected chi connectivity index (χ0v) is 16.2. The molecule has 1 N–H and O–H groups in total. The molecule has 2 aromatic heterocycles. The van der Waals surface area contributed by atoms with E-state index in [1.165, 1.54) is 0 Å². The summed E-state index contributed by atoms with van der Waals surface area (Å²) in [5.41, 5.74) is 4.88. The van der Waals surface area contributed by atoms with Crippen molar-refractivity contribution in [2.75, 3.05) is 0 Å². The molecular formula is C23H22N4O. The topological polar surface area (TPSA) is 59.8 Å². The van der Waals surface area contributed by atoms with E-state index in [0.717, 1.165) is 27.9 Å². The predicted octanol–water partition coefficient (Wildman–Crippen LogP) is 4.43. The van der Waals surface area contributed by atoms with Gasteiger partial charge in [-0.05, 0) is 25.5 Å². The first-order chi connectivity index (χ1) is 13.5. The molecule has 0 fully saturated rings. The molecule has 1 amide bonds. The van der Waals surface area contributed by atoms with E-state index in [9.17, 15) is 4.79 Å². The molecule has 0 bridgehead atoms. The molecule has 0 aliphatic heterocycles. The number of hydrogen-bond donors (Lipinski definition) is 1. The van der Waals surface area contributed by atoms with Gasteiger partial charge in [-0.25, -0.2) is 4.98 Å². The molecule has 0 spiro atoms. The largest absolute Gasteiger partial charge is 0.345 e. The first kappa shape index (κ1) is 17.9. The highest BCUT2D eigenvalue weighted by molar-refractivity contribution is 6.07. The Labute approximate surface area is 164 Å². The van der Waals surface area contributed by atoms with Crippen molar-refractivity contribution >= 4 is 16.9 Å². The fourth-order valence-corrected chi connectivity index (χ4v) is 3.48. The fraction of sp³-hybridized carbons (Fsp3) is 0.174. The van der Waals surface area contributed by atoms with Crippen LogP contribution in [0.4, 0.5) is 0 Å². The van der Waals surface area contributed by atoms with Crippen molar-refractivity contribution < 1.29 is 4.79 Å². The molecule has 28 heavy (non-hydrogen) atoms. The molecular weight excluding hydrogens is 348 g/mol. The highest BCUT2D eigenvalue weighted by atomic mass is 16.1. The molecule has 0 saturated heterocycles. The smallest absolute Gasteiger partial charge is 0.252 e. The van der Waals surface area contributed by atoms with E-state index < -0.39 is 0 Å². The quantitative estimate of drug-likeness (QED) is 0.578. The number of nitrogens with one attached hydrogen (secondary N) is 1. The number of pyridine rings is 1. The third kappa shape index (κ3) is 3.27. The summed E-state index contributed by atoms with van der Waals surface area (Å²) < 4.78 is 1.73. The van der Waals surface area contributed by atoms with Gasteiger partial charge in [-0.1, -0.05) is 60.7 Å². The Morgan fingerprint density at radius 1 is 1.04 bits per heavy atom. The third-order valence-corrected chi connectivity index (χ3v) is 4.93. The number of benzene rings is 2. The van der Waals surface area contributed by atoms with Crippen LogP contribution in [0.15, 0.2) is 66.7 Å². The normalized spacial score (nSPS) is 12.1. The lowest BCUT2D eigenvalue weighted by Gasteiger charge is -2.15. The molecule has 2 aromatic carbocycles. The average Bonchev–Trinajstić information content (AvgIpc) is 3.02. The van der Waals surface area contributed by atoms with Gasteiger partial charge in [0.2, 0.25) is 0 Å². The van der Waals surface area contributed by atoms with E-state index in [0.29, 0.717) is 11.2 Å². The summed E-state index contributed by atoms with van der Waals surface area (Å²) in [7, 11) is 1.85. The summed E-state index contributed by atoms with van der Waals surface area (Å²) in [4.78, 5) is 18.0. The second-order valence-corrected chi connectivity index (χ2v) is 6.93. The number of carbonyl (C=O) groups is 1. The van der Waals surface area contributed by atoms with E-state index in [4.69, 9.17) is 4.98 Å². The number of hydrogen-bond acceptors (Lipinski definition) is 3. The minimum Gasteiger partial charge on any atom is -0.345 e. The molecule has 4 aromatic rings. The molecule has 0 saturated carbocycles. The Balaban J connectivity index is 1.79. The summed E-state index contributed by atoms with van der Waals surface area (Å²) in [5.74, 6) is -0.128. The highest BCUT2D eigenvalue weighted by Gasteiger charge is 2.20. The minimum absolute atomic E-state index is 0.103. The molecule has 0 aliphatic rings. The van der Waals surface area contributed by atoms with Crippen LogP contribution < -0.4 is 5.32 Å². The lowest BCUT2D eigenvalue weighted by atomic mass is 10.0. The number of carbonyl (C=O) groups excluding carboxylic acids is 1. The highest BCUT2D eigenvalue weighted by Crippen LogP contribution is 2.27. The minimum atomic E-state index is -0.128. The van der Waals surface area contributed by atoms with Gasteiger partial charge in [0.25, 0.3) is 5.91 Å². The Kier molecular flexibility index (Phi) is 4.65. The van der Waals surface area contributed by atoms with Gasteiger partial charge in [-0.15, -0.1) is 0 Å². The van der Waals surface area contributed by atoms with E-state index in [-0.39, 0.29) is 11.9 Å².